The zero-order chi connectivity index (χ0) is 21.1. The smallest absolute Gasteiger partial charge is 0.337 e. The van der Waals surface area contributed by atoms with Crippen molar-refractivity contribution in [2.45, 2.75) is 13.0 Å². The third-order valence-electron chi connectivity index (χ3n) is 4.71. The molecule has 0 fully saturated rings. The molecule has 8 heteroatoms. The summed E-state index contributed by atoms with van der Waals surface area (Å²) >= 11 is 9.14. The van der Waals surface area contributed by atoms with Crippen molar-refractivity contribution >= 4 is 44.9 Å². The second-order valence-electron chi connectivity index (χ2n) is 6.30. The number of halogens is 1. The summed E-state index contributed by atoms with van der Waals surface area (Å²) in [5.41, 5.74) is 2.71. The van der Waals surface area contributed by atoms with E-state index in [1.807, 2.05) is 48.2 Å². The van der Waals surface area contributed by atoms with Gasteiger partial charge in [-0.2, -0.15) is 0 Å². The number of hydrogen-bond acceptors (Lipinski definition) is 5. The van der Waals surface area contributed by atoms with Crippen molar-refractivity contribution in [2.24, 2.45) is 0 Å². The fraction of sp³-hybridized carbons (Fsp3) is 0.238. The van der Waals surface area contributed by atoms with Crippen LogP contribution in [0, 0.1) is 0 Å². The highest BCUT2D eigenvalue weighted by Crippen LogP contribution is 2.39. The van der Waals surface area contributed by atoms with Gasteiger partial charge in [0.25, 0.3) is 0 Å². The molecule has 6 nitrogen and oxygen atoms in total. The van der Waals surface area contributed by atoms with Crippen LogP contribution in [0.3, 0.4) is 0 Å². The zero-order valence-corrected chi connectivity index (χ0v) is 18.9. The van der Waals surface area contributed by atoms with Crippen molar-refractivity contribution in [3.8, 4) is 11.5 Å². The minimum Gasteiger partial charge on any atom is -0.497 e. The minimum absolute atomic E-state index is 0.444. The zero-order valence-electron chi connectivity index (χ0n) is 16.5. The molecule has 0 amide bonds. The lowest BCUT2D eigenvalue weighted by Crippen LogP contribution is -2.48. The Hall–Kier alpha value is -2.58. The number of carbonyl (C=O) groups excluding carboxylic acids is 1. The van der Waals surface area contributed by atoms with E-state index >= 15 is 0 Å². The molecule has 0 spiro atoms. The van der Waals surface area contributed by atoms with Crippen LogP contribution in [0.25, 0.3) is 0 Å². The number of nitrogens with zero attached hydrogens (tertiary/aromatic N) is 1. The SMILES string of the molecule is COC(=O)C1=C(C)N(c2cccc(Br)c2)C(=S)NC1c1ccc(OC)cc1OC. The van der Waals surface area contributed by atoms with Crippen molar-refractivity contribution in [1.82, 2.24) is 5.32 Å². The van der Waals surface area contributed by atoms with Crippen LogP contribution in [0.5, 0.6) is 11.5 Å². The van der Waals surface area contributed by atoms with Gasteiger partial charge < -0.3 is 19.5 Å². The molecule has 1 N–H and O–H groups in total. The van der Waals surface area contributed by atoms with E-state index in [9.17, 15) is 4.79 Å². The van der Waals surface area contributed by atoms with Crippen molar-refractivity contribution in [1.29, 1.82) is 0 Å². The molecule has 1 aliphatic heterocycles. The maximum atomic E-state index is 12.8. The number of nitrogens with one attached hydrogen (secondary N) is 1. The minimum atomic E-state index is -0.529. The van der Waals surface area contributed by atoms with Crippen LogP contribution < -0.4 is 19.7 Å². The number of allylic oxidation sites excluding steroid dienone is 1. The molecule has 1 aliphatic rings. The number of hydrogen-bond donors (Lipinski definition) is 1. The van der Waals surface area contributed by atoms with E-state index in [1.165, 1.54) is 7.11 Å². The first-order valence-corrected chi connectivity index (χ1v) is 9.98. The van der Waals surface area contributed by atoms with E-state index < -0.39 is 12.0 Å². The molecular weight excluding hydrogens is 456 g/mol. The molecule has 1 unspecified atom stereocenters. The van der Waals surface area contributed by atoms with Gasteiger partial charge in [0.2, 0.25) is 0 Å². The highest BCUT2D eigenvalue weighted by Gasteiger charge is 2.36. The topological polar surface area (TPSA) is 60.0 Å². The normalized spacial score (nSPS) is 16.4. The van der Waals surface area contributed by atoms with Crippen molar-refractivity contribution in [2.75, 3.05) is 26.2 Å². The Morgan fingerprint density at radius 3 is 2.52 bits per heavy atom. The number of rotatable bonds is 5. The maximum absolute atomic E-state index is 12.8. The van der Waals surface area contributed by atoms with Crippen molar-refractivity contribution < 1.29 is 19.0 Å². The van der Waals surface area contributed by atoms with Crippen LogP contribution in [0.1, 0.15) is 18.5 Å². The molecular formula is C21H21BrN2O4S. The molecule has 3 rings (SSSR count). The molecule has 0 saturated carbocycles. The van der Waals surface area contributed by atoms with Crippen LogP contribution in [-0.4, -0.2) is 32.4 Å². The fourth-order valence-electron chi connectivity index (χ4n) is 3.33. The summed E-state index contributed by atoms with van der Waals surface area (Å²) in [5, 5.41) is 3.74. The molecule has 2 aromatic rings. The molecule has 0 radical (unpaired) electrons. The lowest BCUT2D eigenvalue weighted by atomic mass is 9.94. The molecule has 0 aromatic heterocycles. The van der Waals surface area contributed by atoms with Gasteiger partial charge in [0.15, 0.2) is 5.11 Å². The van der Waals surface area contributed by atoms with Crippen LogP contribution >= 0.6 is 28.1 Å². The molecule has 1 atom stereocenters. The van der Waals surface area contributed by atoms with E-state index in [0.717, 1.165) is 15.7 Å². The average Bonchev–Trinajstić information content (AvgIpc) is 2.72. The quantitative estimate of drug-likeness (QED) is 0.508. The number of methoxy groups -OCH3 is 3. The monoisotopic (exact) mass is 476 g/mol. The summed E-state index contributed by atoms with van der Waals surface area (Å²) in [6, 6.07) is 12.6. The molecule has 0 saturated heterocycles. The Kier molecular flexibility index (Phi) is 6.44. The average molecular weight is 477 g/mol. The Labute approximate surface area is 183 Å². The van der Waals surface area contributed by atoms with Gasteiger partial charge in [-0.25, -0.2) is 4.79 Å². The Bertz CT molecular complexity index is 992. The first-order chi connectivity index (χ1) is 13.9. The lowest BCUT2D eigenvalue weighted by Gasteiger charge is -2.37. The first kappa shape index (κ1) is 21.1. The number of thiocarbonyl (C=S) groups is 1. The van der Waals surface area contributed by atoms with Crippen molar-refractivity contribution in [3.05, 3.63) is 63.8 Å². The second kappa shape index (κ2) is 8.84. The van der Waals surface area contributed by atoms with Gasteiger partial charge in [0, 0.05) is 27.5 Å². The van der Waals surface area contributed by atoms with Crippen molar-refractivity contribution in [3.63, 3.8) is 0 Å². The van der Waals surface area contributed by atoms with Gasteiger partial charge >= 0.3 is 5.97 Å². The predicted octanol–water partition coefficient (Wildman–Crippen LogP) is 4.35. The van der Waals surface area contributed by atoms with E-state index in [2.05, 4.69) is 21.2 Å². The molecule has 152 valence electrons. The number of ether oxygens (including phenoxy) is 3. The highest BCUT2D eigenvalue weighted by molar-refractivity contribution is 9.10. The molecule has 2 aromatic carbocycles. The van der Waals surface area contributed by atoms with Gasteiger partial charge in [-0.05, 0) is 49.5 Å². The Morgan fingerprint density at radius 1 is 1.14 bits per heavy atom. The highest BCUT2D eigenvalue weighted by atomic mass is 79.9. The summed E-state index contributed by atoms with van der Waals surface area (Å²) < 4.78 is 16.8. The van der Waals surface area contributed by atoms with Gasteiger partial charge in [0.05, 0.1) is 32.9 Å². The van der Waals surface area contributed by atoms with Crippen LogP contribution in [-0.2, 0) is 9.53 Å². The summed E-state index contributed by atoms with van der Waals surface area (Å²) in [6.45, 7) is 1.85. The van der Waals surface area contributed by atoms with E-state index in [0.29, 0.717) is 27.9 Å². The molecule has 0 aliphatic carbocycles. The largest absolute Gasteiger partial charge is 0.497 e. The standard InChI is InChI=1S/C21H21BrN2O4S/c1-12-18(20(25)28-4)19(16-9-8-15(26-2)11-17(16)27-3)23-21(29)24(12)14-7-5-6-13(22)10-14/h5-11,19H,1-4H3,(H,23,29). The van der Waals surface area contributed by atoms with Gasteiger partial charge in [0.1, 0.15) is 11.5 Å². The summed E-state index contributed by atoms with van der Waals surface area (Å²) in [5.74, 6) is 0.787. The van der Waals surface area contributed by atoms with Gasteiger partial charge in [-0.1, -0.05) is 22.0 Å². The van der Waals surface area contributed by atoms with E-state index in [1.54, 1.807) is 20.3 Å². The number of benzene rings is 2. The number of carbonyl (C=O) groups is 1. The van der Waals surface area contributed by atoms with Crippen LogP contribution in [0.2, 0.25) is 0 Å². The summed E-state index contributed by atoms with van der Waals surface area (Å²) in [4.78, 5) is 14.6. The number of esters is 1. The fourth-order valence-corrected chi connectivity index (χ4v) is 4.08. The maximum Gasteiger partial charge on any atom is 0.337 e. The third kappa shape index (κ3) is 4.09. The van der Waals surface area contributed by atoms with Crippen LogP contribution in [0.4, 0.5) is 5.69 Å². The first-order valence-electron chi connectivity index (χ1n) is 8.78. The lowest BCUT2D eigenvalue weighted by molar-refractivity contribution is -0.136. The molecule has 0 bridgehead atoms. The van der Waals surface area contributed by atoms with Gasteiger partial charge in [-0.15, -0.1) is 0 Å². The second-order valence-corrected chi connectivity index (χ2v) is 7.60. The summed E-state index contributed by atoms with van der Waals surface area (Å²) in [7, 11) is 4.52. The van der Waals surface area contributed by atoms with E-state index in [4.69, 9.17) is 26.4 Å². The number of anilines is 1. The van der Waals surface area contributed by atoms with Crippen LogP contribution in [0.15, 0.2) is 58.2 Å². The van der Waals surface area contributed by atoms with Gasteiger partial charge in [-0.3, -0.25) is 4.90 Å². The molecule has 1 heterocycles. The van der Waals surface area contributed by atoms with E-state index in [-0.39, 0.29) is 0 Å². The third-order valence-corrected chi connectivity index (χ3v) is 5.50. The Balaban J connectivity index is 2.17. The Morgan fingerprint density at radius 2 is 1.90 bits per heavy atom. The summed E-state index contributed by atoms with van der Waals surface area (Å²) in [6.07, 6.45) is 0. The molecule has 29 heavy (non-hydrogen) atoms. The predicted molar refractivity (Wildman–Crippen MR) is 119 cm³/mol.